The minimum atomic E-state index is 0.867. The molecule has 0 aliphatic carbocycles. The van der Waals surface area contributed by atoms with E-state index < -0.39 is 0 Å². The molecule has 0 aromatic heterocycles. The number of ether oxygens (including phenoxy) is 1. The molecule has 0 amide bonds. The summed E-state index contributed by atoms with van der Waals surface area (Å²) in [6, 6.07) is 8.54. The quantitative estimate of drug-likeness (QED) is 0.460. The minimum absolute atomic E-state index is 0.867. The summed E-state index contributed by atoms with van der Waals surface area (Å²) < 4.78 is 5.94. The lowest BCUT2D eigenvalue weighted by atomic mass is 10.1. The molecule has 1 nitrogen and oxygen atoms in total. The van der Waals surface area contributed by atoms with Crippen molar-refractivity contribution in [2.24, 2.45) is 0 Å². The number of hydrogen-bond donors (Lipinski definition) is 0. The molecule has 0 spiro atoms. The third kappa shape index (κ3) is 7.25. The molecule has 0 unspecified atom stereocenters. The van der Waals surface area contributed by atoms with Crippen LogP contribution < -0.4 is 4.74 Å². The molecule has 0 saturated heterocycles. The molecule has 0 radical (unpaired) electrons. The van der Waals surface area contributed by atoms with Crippen molar-refractivity contribution < 1.29 is 4.74 Å². The van der Waals surface area contributed by atoms with Crippen LogP contribution in [0, 0.1) is 0 Å². The van der Waals surface area contributed by atoms with Crippen LogP contribution in [0.1, 0.15) is 70.8 Å². The zero-order valence-electron chi connectivity index (χ0n) is 12.8. The molecule has 0 saturated carbocycles. The molecule has 0 aliphatic rings. The second-order valence-electron chi connectivity index (χ2n) is 5.33. The Kier molecular flexibility index (Phi) is 9.22. The van der Waals surface area contributed by atoms with E-state index in [-0.39, 0.29) is 0 Å². The van der Waals surface area contributed by atoms with Crippen molar-refractivity contribution in [1.82, 2.24) is 0 Å². The first-order valence-electron chi connectivity index (χ1n) is 8.09. The van der Waals surface area contributed by atoms with Crippen molar-refractivity contribution in [2.75, 3.05) is 6.61 Å². The molecule has 1 aromatic rings. The van der Waals surface area contributed by atoms with E-state index in [0.717, 1.165) is 18.8 Å². The highest BCUT2D eigenvalue weighted by atomic mass is 16.5. The van der Waals surface area contributed by atoms with Crippen molar-refractivity contribution in [3.63, 3.8) is 0 Å². The number of unbranched alkanes of at least 4 members (excludes halogenated alkanes) is 6. The summed E-state index contributed by atoms with van der Waals surface area (Å²) in [5, 5.41) is 0. The van der Waals surface area contributed by atoms with E-state index in [4.69, 9.17) is 4.74 Å². The van der Waals surface area contributed by atoms with Gasteiger partial charge >= 0.3 is 0 Å². The van der Waals surface area contributed by atoms with Gasteiger partial charge in [-0.05, 0) is 30.9 Å². The predicted octanol–water partition coefficient (Wildman–Crippen LogP) is 5.77. The fourth-order valence-electron chi connectivity index (χ4n) is 2.30. The molecule has 1 heteroatoms. The summed E-state index contributed by atoms with van der Waals surface area (Å²) in [7, 11) is 0. The Labute approximate surface area is 119 Å². The van der Waals surface area contributed by atoms with Gasteiger partial charge in [-0.3, -0.25) is 0 Å². The van der Waals surface area contributed by atoms with Gasteiger partial charge < -0.3 is 4.74 Å². The molecule has 1 aromatic carbocycles. The second kappa shape index (κ2) is 10.9. The Morgan fingerprint density at radius 1 is 0.789 bits per heavy atom. The van der Waals surface area contributed by atoms with Crippen LogP contribution in [0.4, 0.5) is 0 Å². The highest BCUT2D eigenvalue weighted by molar-refractivity contribution is 5.33. The Hall–Kier alpha value is -0.980. The van der Waals surface area contributed by atoms with E-state index >= 15 is 0 Å². The Morgan fingerprint density at radius 3 is 2.21 bits per heavy atom. The Balaban J connectivity index is 2.31. The van der Waals surface area contributed by atoms with Gasteiger partial charge in [0.15, 0.2) is 0 Å². The van der Waals surface area contributed by atoms with Crippen LogP contribution in [-0.2, 0) is 6.42 Å². The Bertz CT molecular complexity index is 319. The van der Waals surface area contributed by atoms with Gasteiger partial charge in [-0.2, -0.15) is 0 Å². The molecule has 108 valence electrons. The van der Waals surface area contributed by atoms with Crippen LogP contribution in [0.2, 0.25) is 0 Å². The fourth-order valence-corrected chi connectivity index (χ4v) is 2.30. The first kappa shape index (κ1) is 16.1. The van der Waals surface area contributed by atoms with Gasteiger partial charge in [0.25, 0.3) is 0 Å². The van der Waals surface area contributed by atoms with E-state index in [1.54, 1.807) is 0 Å². The maximum atomic E-state index is 5.94. The highest BCUT2D eigenvalue weighted by Crippen LogP contribution is 2.21. The normalized spacial score (nSPS) is 10.6. The number of rotatable bonds is 11. The summed E-state index contributed by atoms with van der Waals surface area (Å²) in [4.78, 5) is 0. The average Bonchev–Trinajstić information content (AvgIpc) is 2.45. The third-order valence-corrected chi connectivity index (χ3v) is 3.53. The van der Waals surface area contributed by atoms with Crippen LogP contribution in [0.5, 0.6) is 5.75 Å². The number of para-hydroxylation sites is 1. The standard InChI is InChI=1S/C18H30O/c1-3-5-7-9-13-17-14-10-11-15-18(17)19-16-12-8-6-4-2/h10-11,14-15H,3-9,12-13,16H2,1-2H3. The summed E-state index contributed by atoms with van der Waals surface area (Å²) in [5.74, 6) is 1.11. The summed E-state index contributed by atoms with van der Waals surface area (Å²) in [5.41, 5.74) is 1.38. The van der Waals surface area contributed by atoms with E-state index in [0.29, 0.717) is 0 Å². The van der Waals surface area contributed by atoms with Crippen molar-refractivity contribution in [2.45, 2.75) is 71.6 Å². The zero-order chi connectivity index (χ0) is 13.8. The first-order valence-corrected chi connectivity index (χ1v) is 8.09. The average molecular weight is 262 g/mol. The maximum absolute atomic E-state index is 5.94. The number of benzene rings is 1. The second-order valence-corrected chi connectivity index (χ2v) is 5.33. The van der Waals surface area contributed by atoms with Crippen LogP contribution >= 0.6 is 0 Å². The van der Waals surface area contributed by atoms with Crippen molar-refractivity contribution >= 4 is 0 Å². The SMILES string of the molecule is CCCCCCOc1ccccc1CCCCCC. The number of aryl methyl sites for hydroxylation is 1. The molecular formula is C18H30O. The van der Waals surface area contributed by atoms with Gasteiger partial charge in [0.1, 0.15) is 5.75 Å². The van der Waals surface area contributed by atoms with E-state index in [9.17, 15) is 0 Å². The molecule has 0 N–H and O–H groups in total. The fraction of sp³-hybridized carbons (Fsp3) is 0.667. The van der Waals surface area contributed by atoms with E-state index in [1.165, 1.54) is 56.9 Å². The summed E-state index contributed by atoms with van der Waals surface area (Å²) in [6.45, 7) is 5.37. The van der Waals surface area contributed by atoms with Crippen molar-refractivity contribution in [1.29, 1.82) is 0 Å². The van der Waals surface area contributed by atoms with Crippen LogP contribution in [0.3, 0.4) is 0 Å². The van der Waals surface area contributed by atoms with Gasteiger partial charge in [0, 0.05) is 0 Å². The Morgan fingerprint density at radius 2 is 1.47 bits per heavy atom. The van der Waals surface area contributed by atoms with Crippen molar-refractivity contribution in [3.05, 3.63) is 29.8 Å². The smallest absolute Gasteiger partial charge is 0.122 e. The minimum Gasteiger partial charge on any atom is -0.493 e. The topological polar surface area (TPSA) is 9.23 Å². The molecule has 0 fully saturated rings. The lowest BCUT2D eigenvalue weighted by molar-refractivity contribution is 0.302. The third-order valence-electron chi connectivity index (χ3n) is 3.53. The van der Waals surface area contributed by atoms with Gasteiger partial charge in [0.2, 0.25) is 0 Å². The summed E-state index contributed by atoms with van der Waals surface area (Å²) in [6.07, 6.45) is 11.5. The van der Waals surface area contributed by atoms with Crippen LogP contribution in [-0.4, -0.2) is 6.61 Å². The predicted molar refractivity (Wildman–Crippen MR) is 83.9 cm³/mol. The molecule has 0 heterocycles. The molecule has 0 bridgehead atoms. The monoisotopic (exact) mass is 262 g/mol. The lowest BCUT2D eigenvalue weighted by Crippen LogP contribution is -2.00. The lowest BCUT2D eigenvalue weighted by Gasteiger charge is -2.11. The van der Waals surface area contributed by atoms with Gasteiger partial charge in [-0.1, -0.05) is 70.6 Å². The number of hydrogen-bond acceptors (Lipinski definition) is 1. The maximum Gasteiger partial charge on any atom is 0.122 e. The van der Waals surface area contributed by atoms with Crippen LogP contribution in [0.15, 0.2) is 24.3 Å². The molecule has 0 atom stereocenters. The van der Waals surface area contributed by atoms with Gasteiger partial charge in [-0.25, -0.2) is 0 Å². The van der Waals surface area contributed by atoms with E-state index in [1.807, 2.05) is 0 Å². The zero-order valence-corrected chi connectivity index (χ0v) is 12.8. The van der Waals surface area contributed by atoms with Gasteiger partial charge in [0.05, 0.1) is 6.61 Å². The largest absolute Gasteiger partial charge is 0.493 e. The van der Waals surface area contributed by atoms with Crippen LogP contribution in [0.25, 0.3) is 0 Å². The first-order chi connectivity index (χ1) is 9.38. The molecule has 1 rings (SSSR count). The van der Waals surface area contributed by atoms with Gasteiger partial charge in [-0.15, -0.1) is 0 Å². The highest BCUT2D eigenvalue weighted by Gasteiger charge is 2.02. The molecular weight excluding hydrogens is 232 g/mol. The summed E-state index contributed by atoms with van der Waals surface area (Å²) >= 11 is 0. The van der Waals surface area contributed by atoms with E-state index in [2.05, 4.69) is 38.1 Å². The molecule has 0 aliphatic heterocycles. The van der Waals surface area contributed by atoms with Crippen molar-refractivity contribution in [3.8, 4) is 5.75 Å². The molecule has 19 heavy (non-hydrogen) atoms.